The molecule has 0 aromatic heterocycles. The lowest BCUT2D eigenvalue weighted by molar-refractivity contribution is 0.519. The fraction of sp³-hybridized carbons (Fsp3) is 0.333. The fourth-order valence-electron chi connectivity index (χ4n) is 2.98. The van der Waals surface area contributed by atoms with Gasteiger partial charge in [-0.25, -0.2) is 0 Å². The fourth-order valence-corrected chi connectivity index (χ4v) is 3.11. The third-order valence-corrected chi connectivity index (χ3v) is 4.40. The van der Waals surface area contributed by atoms with Crippen molar-refractivity contribution in [1.82, 2.24) is 5.32 Å². The number of fused-ring (bicyclic) bond motifs is 1. The Bertz CT molecular complexity index is 607. The van der Waals surface area contributed by atoms with Gasteiger partial charge in [-0.3, -0.25) is 0 Å². The SMILES string of the molecule is CCC(NCc1cccc2c1NCC2)c1ccc(Cl)cc1. The first kappa shape index (κ1) is 14.4. The Balaban J connectivity index is 1.71. The van der Waals surface area contributed by atoms with E-state index in [4.69, 9.17) is 11.6 Å². The maximum Gasteiger partial charge on any atom is 0.0419 e. The molecule has 21 heavy (non-hydrogen) atoms. The lowest BCUT2D eigenvalue weighted by Gasteiger charge is -2.19. The zero-order chi connectivity index (χ0) is 14.7. The quantitative estimate of drug-likeness (QED) is 0.846. The van der Waals surface area contributed by atoms with Crippen LogP contribution in [0, 0.1) is 0 Å². The molecule has 0 spiro atoms. The van der Waals surface area contributed by atoms with Gasteiger partial charge in [-0.05, 0) is 41.7 Å². The van der Waals surface area contributed by atoms with Gasteiger partial charge in [0, 0.05) is 29.8 Å². The number of halogens is 1. The highest BCUT2D eigenvalue weighted by Gasteiger charge is 2.15. The Hall–Kier alpha value is -1.51. The number of nitrogens with one attached hydrogen (secondary N) is 2. The third kappa shape index (κ3) is 3.22. The molecule has 0 saturated carbocycles. The van der Waals surface area contributed by atoms with E-state index < -0.39 is 0 Å². The van der Waals surface area contributed by atoms with E-state index in [2.05, 4.69) is 47.9 Å². The molecular formula is C18H21ClN2. The molecule has 2 aromatic rings. The second kappa shape index (κ2) is 6.50. The van der Waals surface area contributed by atoms with Crippen LogP contribution in [-0.4, -0.2) is 6.54 Å². The van der Waals surface area contributed by atoms with E-state index in [1.165, 1.54) is 22.4 Å². The van der Waals surface area contributed by atoms with Gasteiger partial charge in [0.25, 0.3) is 0 Å². The largest absolute Gasteiger partial charge is 0.384 e. The van der Waals surface area contributed by atoms with Crippen molar-refractivity contribution >= 4 is 17.3 Å². The molecule has 0 radical (unpaired) electrons. The average Bonchev–Trinajstić information content (AvgIpc) is 2.99. The molecule has 110 valence electrons. The molecule has 1 unspecified atom stereocenters. The van der Waals surface area contributed by atoms with Crippen LogP contribution < -0.4 is 10.6 Å². The van der Waals surface area contributed by atoms with Crippen LogP contribution in [0.15, 0.2) is 42.5 Å². The highest BCUT2D eigenvalue weighted by atomic mass is 35.5. The Labute approximate surface area is 131 Å². The summed E-state index contributed by atoms with van der Waals surface area (Å²) in [6.45, 7) is 4.15. The number of rotatable bonds is 5. The van der Waals surface area contributed by atoms with Crippen LogP contribution in [0.1, 0.15) is 36.1 Å². The molecule has 0 amide bonds. The van der Waals surface area contributed by atoms with Crippen LogP contribution in [0.2, 0.25) is 5.02 Å². The van der Waals surface area contributed by atoms with Crippen LogP contribution in [0.3, 0.4) is 0 Å². The Morgan fingerprint density at radius 3 is 2.76 bits per heavy atom. The van der Waals surface area contributed by atoms with Crippen molar-refractivity contribution in [2.24, 2.45) is 0 Å². The Morgan fingerprint density at radius 1 is 1.19 bits per heavy atom. The van der Waals surface area contributed by atoms with Crippen molar-refractivity contribution in [3.8, 4) is 0 Å². The van der Waals surface area contributed by atoms with Gasteiger partial charge in [-0.1, -0.05) is 48.9 Å². The molecule has 2 nitrogen and oxygen atoms in total. The van der Waals surface area contributed by atoms with Crippen molar-refractivity contribution in [2.75, 3.05) is 11.9 Å². The molecular weight excluding hydrogens is 280 g/mol. The van der Waals surface area contributed by atoms with E-state index >= 15 is 0 Å². The summed E-state index contributed by atoms with van der Waals surface area (Å²) in [5.74, 6) is 0. The summed E-state index contributed by atoms with van der Waals surface area (Å²) in [5, 5.41) is 7.96. The topological polar surface area (TPSA) is 24.1 Å². The second-order valence-corrected chi connectivity index (χ2v) is 5.96. The first-order chi connectivity index (χ1) is 10.3. The standard InChI is InChI=1S/C18H21ClN2/c1-2-17(13-6-8-16(19)9-7-13)21-12-15-5-3-4-14-10-11-20-18(14)15/h3-9,17,20-21H,2,10-12H2,1H3. The van der Waals surface area contributed by atoms with Crippen molar-refractivity contribution in [2.45, 2.75) is 32.4 Å². The van der Waals surface area contributed by atoms with Crippen molar-refractivity contribution in [3.05, 3.63) is 64.2 Å². The summed E-state index contributed by atoms with van der Waals surface area (Å²) in [6.07, 6.45) is 2.20. The first-order valence-electron chi connectivity index (χ1n) is 7.61. The van der Waals surface area contributed by atoms with Crippen molar-refractivity contribution < 1.29 is 0 Å². The Morgan fingerprint density at radius 2 is 2.00 bits per heavy atom. The predicted molar refractivity (Wildman–Crippen MR) is 90.0 cm³/mol. The maximum atomic E-state index is 5.97. The number of benzene rings is 2. The maximum absolute atomic E-state index is 5.97. The lowest BCUT2D eigenvalue weighted by Crippen LogP contribution is -2.20. The summed E-state index contributed by atoms with van der Waals surface area (Å²) in [5.41, 5.74) is 5.42. The normalized spacial score (nSPS) is 14.6. The van der Waals surface area contributed by atoms with Crippen molar-refractivity contribution in [3.63, 3.8) is 0 Å². The van der Waals surface area contributed by atoms with E-state index in [0.29, 0.717) is 6.04 Å². The summed E-state index contributed by atoms with van der Waals surface area (Å²) in [4.78, 5) is 0. The minimum Gasteiger partial charge on any atom is -0.384 e. The minimum atomic E-state index is 0.361. The summed E-state index contributed by atoms with van der Waals surface area (Å²) in [6, 6.07) is 15.1. The molecule has 1 heterocycles. The predicted octanol–water partition coefficient (Wildman–Crippen LogP) is 4.55. The van der Waals surface area contributed by atoms with E-state index in [0.717, 1.165) is 31.0 Å². The van der Waals surface area contributed by atoms with Gasteiger partial charge >= 0.3 is 0 Å². The monoisotopic (exact) mass is 300 g/mol. The van der Waals surface area contributed by atoms with Gasteiger partial charge in [0.05, 0.1) is 0 Å². The van der Waals surface area contributed by atoms with Crippen LogP contribution >= 0.6 is 11.6 Å². The van der Waals surface area contributed by atoms with Crippen LogP contribution in [0.25, 0.3) is 0 Å². The number of hydrogen-bond acceptors (Lipinski definition) is 2. The van der Waals surface area contributed by atoms with Gasteiger partial charge in [-0.2, -0.15) is 0 Å². The minimum absolute atomic E-state index is 0.361. The van der Waals surface area contributed by atoms with Crippen LogP contribution in [0.4, 0.5) is 5.69 Å². The van der Waals surface area contributed by atoms with Gasteiger partial charge in [0.1, 0.15) is 0 Å². The molecule has 1 atom stereocenters. The molecule has 3 rings (SSSR count). The molecule has 2 aromatic carbocycles. The first-order valence-corrected chi connectivity index (χ1v) is 7.99. The summed E-state index contributed by atoms with van der Waals surface area (Å²) < 4.78 is 0. The highest BCUT2D eigenvalue weighted by molar-refractivity contribution is 6.30. The lowest BCUT2D eigenvalue weighted by atomic mass is 10.0. The highest BCUT2D eigenvalue weighted by Crippen LogP contribution is 2.27. The van der Waals surface area contributed by atoms with E-state index in [1.807, 2.05) is 12.1 Å². The van der Waals surface area contributed by atoms with Crippen molar-refractivity contribution in [1.29, 1.82) is 0 Å². The van der Waals surface area contributed by atoms with Crippen LogP contribution in [0.5, 0.6) is 0 Å². The van der Waals surface area contributed by atoms with Gasteiger partial charge < -0.3 is 10.6 Å². The molecule has 0 fully saturated rings. The molecule has 1 aliphatic heterocycles. The number of para-hydroxylation sites is 1. The van der Waals surface area contributed by atoms with E-state index in [-0.39, 0.29) is 0 Å². The molecule has 2 N–H and O–H groups in total. The molecule has 3 heteroatoms. The Kier molecular flexibility index (Phi) is 4.47. The molecule has 0 aliphatic carbocycles. The summed E-state index contributed by atoms with van der Waals surface area (Å²) >= 11 is 5.97. The summed E-state index contributed by atoms with van der Waals surface area (Å²) in [7, 11) is 0. The zero-order valence-electron chi connectivity index (χ0n) is 12.3. The smallest absolute Gasteiger partial charge is 0.0419 e. The zero-order valence-corrected chi connectivity index (χ0v) is 13.1. The molecule has 0 bridgehead atoms. The molecule has 1 aliphatic rings. The molecule has 0 saturated heterocycles. The number of hydrogen-bond donors (Lipinski definition) is 2. The van der Waals surface area contributed by atoms with Crippen LogP contribution in [-0.2, 0) is 13.0 Å². The van der Waals surface area contributed by atoms with Gasteiger partial charge in [-0.15, -0.1) is 0 Å². The number of anilines is 1. The second-order valence-electron chi connectivity index (χ2n) is 5.52. The van der Waals surface area contributed by atoms with Gasteiger partial charge in [0.2, 0.25) is 0 Å². The van der Waals surface area contributed by atoms with E-state index in [1.54, 1.807) is 0 Å². The third-order valence-electron chi connectivity index (χ3n) is 4.15. The van der Waals surface area contributed by atoms with Gasteiger partial charge in [0.15, 0.2) is 0 Å². The average molecular weight is 301 g/mol. The van der Waals surface area contributed by atoms with E-state index in [9.17, 15) is 0 Å².